The second-order valence-corrected chi connectivity index (χ2v) is 6.74. The van der Waals surface area contributed by atoms with Crippen LogP contribution in [-0.2, 0) is 0 Å². The number of piperidine rings is 1. The number of benzene rings is 1. The molecule has 1 amide bonds. The van der Waals surface area contributed by atoms with E-state index in [1.54, 1.807) is 0 Å². The Labute approximate surface area is 136 Å². The van der Waals surface area contributed by atoms with Crippen LogP contribution in [0.4, 0.5) is 0 Å². The first-order chi connectivity index (χ1) is 10.1. The van der Waals surface area contributed by atoms with E-state index < -0.39 is 0 Å². The molecular weight excluding hydrogens is 328 g/mol. The van der Waals surface area contributed by atoms with E-state index in [-0.39, 0.29) is 5.91 Å². The van der Waals surface area contributed by atoms with Gasteiger partial charge in [0, 0.05) is 23.6 Å². The molecule has 0 aliphatic carbocycles. The van der Waals surface area contributed by atoms with Crippen molar-refractivity contribution >= 4 is 21.8 Å². The molecule has 0 spiro atoms. The van der Waals surface area contributed by atoms with Crippen molar-refractivity contribution in [2.45, 2.75) is 45.6 Å². The summed E-state index contributed by atoms with van der Waals surface area (Å²) in [5.41, 5.74) is 1.90. The average Bonchev–Trinajstić information content (AvgIpc) is 2.49. The molecule has 1 aliphatic rings. The van der Waals surface area contributed by atoms with Crippen LogP contribution < -0.4 is 5.32 Å². The first kappa shape index (κ1) is 16.5. The molecule has 1 heterocycles. The molecule has 0 bridgehead atoms. The van der Waals surface area contributed by atoms with E-state index in [0.717, 1.165) is 41.7 Å². The number of halogens is 1. The van der Waals surface area contributed by atoms with Crippen molar-refractivity contribution in [1.82, 2.24) is 10.2 Å². The molecule has 116 valence electrons. The monoisotopic (exact) mass is 352 g/mol. The lowest BCUT2D eigenvalue weighted by atomic mass is 10.0. The van der Waals surface area contributed by atoms with Crippen molar-refractivity contribution in [3.05, 3.63) is 33.8 Å². The minimum absolute atomic E-state index is 0.139. The SMILES string of the molecule is CCCN(CC1CCCCN1)C(=O)c1cc(C)ccc1Br. The fraction of sp³-hybridized carbons (Fsp3) is 0.588. The maximum Gasteiger partial charge on any atom is 0.255 e. The van der Waals surface area contributed by atoms with Gasteiger partial charge in [-0.3, -0.25) is 4.79 Å². The second-order valence-electron chi connectivity index (χ2n) is 5.88. The van der Waals surface area contributed by atoms with Crippen LogP contribution in [0.2, 0.25) is 0 Å². The highest BCUT2D eigenvalue weighted by Crippen LogP contribution is 2.21. The van der Waals surface area contributed by atoms with E-state index >= 15 is 0 Å². The molecule has 1 atom stereocenters. The summed E-state index contributed by atoms with van der Waals surface area (Å²) >= 11 is 3.51. The normalized spacial score (nSPS) is 18.5. The minimum Gasteiger partial charge on any atom is -0.337 e. The van der Waals surface area contributed by atoms with E-state index in [0.29, 0.717) is 6.04 Å². The van der Waals surface area contributed by atoms with Crippen LogP contribution in [-0.4, -0.2) is 36.5 Å². The number of rotatable bonds is 5. The topological polar surface area (TPSA) is 32.3 Å². The summed E-state index contributed by atoms with van der Waals surface area (Å²) in [6.45, 7) is 6.85. The van der Waals surface area contributed by atoms with E-state index in [2.05, 4.69) is 28.2 Å². The first-order valence-electron chi connectivity index (χ1n) is 7.90. The molecule has 0 radical (unpaired) electrons. The van der Waals surface area contributed by atoms with Crippen molar-refractivity contribution in [3.63, 3.8) is 0 Å². The highest BCUT2D eigenvalue weighted by molar-refractivity contribution is 9.10. The van der Waals surface area contributed by atoms with Crippen molar-refractivity contribution in [1.29, 1.82) is 0 Å². The maximum absolute atomic E-state index is 12.8. The van der Waals surface area contributed by atoms with Crippen LogP contribution >= 0.6 is 15.9 Å². The first-order valence-corrected chi connectivity index (χ1v) is 8.70. The molecule has 1 unspecified atom stereocenters. The van der Waals surface area contributed by atoms with Crippen molar-refractivity contribution < 1.29 is 4.79 Å². The van der Waals surface area contributed by atoms with Crippen LogP contribution in [0.3, 0.4) is 0 Å². The van der Waals surface area contributed by atoms with Crippen LogP contribution in [0.15, 0.2) is 22.7 Å². The molecular formula is C17H25BrN2O. The lowest BCUT2D eigenvalue weighted by Crippen LogP contribution is -2.46. The zero-order chi connectivity index (χ0) is 15.2. The lowest BCUT2D eigenvalue weighted by Gasteiger charge is -2.31. The number of hydrogen-bond donors (Lipinski definition) is 1. The van der Waals surface area contributed by atoms with Gasteiger partial charge in [0.1, 0.15) is 0 Å². The van der Waals surface area contributed by atoms with Crippen molar-refractivity contribution in [2.75, 3.05) is 19.6 Å². The third-order valence-corrected chi connectivity index (χ3v) is 4.68. The third kappa shape index (κ3) is 4.55. The van der Waals surface area contributed by atoms with E-state index in [4.69, 9.17) is 0 Å². The Morgan fingerprint density at radius 2 is 2.24 bits per heavy atom. The summed E-state index contributed by atoms with van der Waals surface area (Å²) < 4.78 is 0.885. The quantitative estimate of drug-likeness (QED) is 0.874. The number of amides is 1. The molecule has 1 aromatic rings. The summed E-state index contributed by atoms with van der Waals surface area (Å²) in [4.78, 5) is 14.9. The summed E-state index contributed by atoms with van der Waals surface area (Å²) in [5.74, 6) is 0.139. The van der Waals surface area contributed by atoms with E-state index in [1.807, 2.05) is 30.0 Å². The zero-order valence-corrected chi connectivity index (χ0v) is 14.6. The number of carbonyl (C=O) groups is 1. The number of carbonyl (C=O) groups excluding carboxylic acids is 1. The van der Waals surface area contributed by atoms with Gasteiger partial charge < -0.3 is 10.2 Å². The minimum atomic E-state index is 0.139. The Bertz CT molecular complexity index is 484. The fourth-order valence-corrected chi connectivity index (χ4v) is 3.28. The molecule has 0 aromatic heterocycles. The van der Waals surface area contributed by atoms with Crippen molar-refractivity contribution in [2.24, 2.45) is 0 Å². The van der Waals surface area contributed by atoms with Gasteiger partial charge in [0.2, 0.25) is 0 Å². The third-order valence-electron chi connectivity index (χ3n) is 3.99. The number of nitrogens with zero attached hydrogens (tertiary/aromatic N) is 1. The van der Waals surface area contributed by atoms with Crippen LogP contribution in [0.1, 0.15) is 48.5 Å². The van der Waals surface area contributed by atoms with Gasteiger partial charge in [0.15, 0.2) is 0 Å². The van der Waals surface area contributed by atoms with Crippen LogP contribution in [0, 0.1) is 6.92 Å². The summed E-state index contributed by atoms with van der Waals surface area (Å²) in [7, 11) is 0. The molecule has 21 heavy (non-hydrogen) atoms. The standard InChI is InChI=1S/C17H25BrN2O/c1-3-10-20(12-14-6-4-5-9-19-14)17(21)15-11-13(2)7-8-16(15)18/h7-8,11,14,19H,3-6,9-10,12H2,1-2H3. The molecule has 4 heteroatoms. The Morgan fingerprint density at radius 3 is 2.90 bits per heavy atom. The van der Waals surface area contributed by atoms with Crippen LogP contribution in [0.5, 0.6) is 0 Å². The van der Waals surface area contributed by atoms with Gasteiger partial charge in [-0.1, -0.05) is 25.0 Å². The molecule has 1 saturated heterocycles. The molecule has 0 saturated carbocycles. The van der Waals surface area contributed by atoms with Gasteiger partial charge in [-0.05, 0) is 60.8 Å². The lowest BCUT2D eigenvalue weighted by molar-refractivity contribution is 0.0730. The maximum atomic E-state index is 12.8. The Morgan fingerprint density at radius 1 is 1.43 bits per heavy atom. The summed E-state index contributed by atoms with van der Waals surface area (Å²) in [5, 5.41) is 3.53. The summed E-state index contributed by atoms with van der Waals surface area (Å²) in [6.07, 6.45) is 4.67. The number of aryl methyl sites for hydroxylation is 1. The van der Waals surface area contributed by atoms with E-state index in [1.165, 1.54) is 19.3 Å². The molecule has 1 aromatic carbocycles. The highest BCUT2D eigenvalue weighted by Gasteiger charge is 2.22. The van der Waals surface area contributed by atoms with Gasteiger partial charge in [-0.25, -0.2) is 0 Å². The molecule has 1 aliphatic heterocycles. The number of hydrogen-bond acceptors (Lipinski definition) is 2. The largest absolute Gasteiger partial charge is 0.337 e. The Balaban J connectivity index is 2.12. The van der Waals surface area contributed by atoms with Crippen LogP contribution in [0.25, 0.3) is 0 Å². The van der Waals surface area contributed by atoms with Crippen molar-refractivity contribution in [3.8, 4) is 0 Å². The molecule has 3 nitrogen and oxygen atoms in total. The van der Waals surface area contributed by atoms with E-state index in [9.17, 15) is 4.79 Å². The molecule has 2 rings (SSSR count). The Kier molecular flexibility index (Phi) is 6.24. The molecule has 1 N–H and O–H groups in total. The predicted octanol–water partition coefficient (Wildman–Crippen LogP) is 3.75. The highest BCUT2D eigenvalue weighted by atomic mass is 79.9. The zero-order valence-electron chi connectivity index (χ0n) is 13.0. The van der Waals surface area contributed by atoms with Gasteiger partial charge in [-0.15, -0.1) is 0 Å². The smallest absolute Gasteiger partial charge is 0.255 e. The van der Waals surface area contributed by atoms with Gasteiger partial charge in [-0.2, -0.15) is 0 Å². The average molecular weight is 353 g/mol. The Hall–Kier alpha value is -0.870. The predicted molar refractivity (Wildman–Crippen MR) is 90.7 cm³/mol. The fourth-order valence-electron chi connectivity index (χ4n) is 2.86. The second kappa shape index (κ2) is 7.95. The summed E-state index contributed by atoms with van der Waals surface area (Å²) in [6, 6.07) is 6.40. The van der Waals surface area contributed by atoms with Gasteiger partial charge in [0.05, 0.1) is 5.56 Å². The van der Waals surface area contributed by atoms with Gasteiger partial charge in [0.25, 0.3) is 5.91 Å². The molecule has 1 fully saturated rings. The van der Waals surface area contributed by atoms with Gasteiger partial charge >= 0.3 is 0 Å². The number of nitrogens with one attached hydrogen (secondary N) is 1.